The number of nitrogens with zero attached hydrogens (tertiary/aromatic N) is 1. The summed E-state index contributed by atoms with van der Waals surface area (Å²) in [5.41, 5.74) is -0.977. The number of fused-ring (bicyclic) bond motifs is 1. The van der Waals surface area contributed by atoms with E-state index in [0.29, 0.717) is 0 Å². The molecule has 1 N–H and O–H groups in total. The minimum absolute atomic E-state index is 0.0583. The number of aromatic nitrogens is 2. The summed E-state index contributed by atoms with van der Waals surface area (Å²) in [5.74, 6) is -2.35. The van der Waals surface area contributed by atoms with Gasteiger partial charge >= 0.3 is 12.4 Å². The Labute approximate surface area is 107 Å². The highest BCUT2D eigenvalue weighted by molar-refractivity contribution is 5.86. The second-order valence-corrected chi connectivity index (χ2v) is 4.01. The topological polar surface area (TPSA) is 45.8 Å². The van der Waals surface area contributed by atoms with Gasteiger partial charge in [0.1, 0.15) is 5.82 Å². The Morgan fingerprint density at radius 1 is 1.15 bits per heavy atom. The molecule has 0 spiro atoms. The summed E-state index contributed by atoms with van der Waals surface area (Å²) in [6, 6.07) is 2.51. The van der Waals surface area contributed by atoms with Gasteiger partial charge in [-0.3, -0.25) is 4.79 Å². The van der Waals surface area contributed by atoms with E-state index in [0.717, 1.165) is 18.2 Å². The van der Waals surface area contributed by atoms with Crippen LogP contribution in [0, 0.1) is 0 Å². The number of benzene rings is 1. The van der Waals surface area contributed by atoms with Crippen LogP contribution in [0.1, 0.15) is 11.4 Å². The number of imidazole rings is 1. The van der Waals surface area contributed by atoms with Crippen molar-refractivity contribution >= 4 is 16.8 Å². The lowest BCUT2D eigenvalue weighted by atomic mass is 10.2. The number of Topliss-reactive ketones (excluding diaryl/α,β-unsaturated/α-hetero) is 1. The molecule has 9 heteroatoms. The van der Waals surface area contributed by atoms with Crippen LogP contribution >= 0.6 is 0 Å². The van der Waals surface area contributed by atoms with Gasteiger partial charge in [-0.2, -0.15) is 26.3 Å². The molecule has 0 bridgehead atoms. The number of hydrogen-bond donors (Lipinski definition) is 1. The van der Waals surface area contributed by atoms with Gasteiger partial charge in [-0.25, -0.2) is 4.98 Å². The number of nitrogens with one attached hydrogen (secondary N) is 1. The van der Waals surface area contributed by atoms with Crippen LogP contribution in [0.15, 0.2) is 18.2 Å². The van der Waals surface area contributed by atoms with E-state index in [1.54, 1.807) is 0 Å². The molecule has 0 aliphatic heterocycles. The summed E-state index contributed by atoms with van der Waals surface area (Å²) in [7, 11) is 0. The summed E-state index contributed by atoms with van der Waals surface area (Å²) >= 11 is 0. The maximum atomic E-state index is 12.5. The van der Waals surface area contributed by atoms with Gasteiger partial charge in [-0.15, -0.1) is 0 Å². The standard InChI is InChI=1S/C11H6F6N2O/c12-10(13,14)5-1-2-6-7(3-5)19-9(18-6)4-8(20)11(15,16)17/h1-3H,4H2,(H,18,19). The van der Waals surface area contributed by atoms with E-state index in [1.165, 1.54) is 0 Å². The number of halogens is 6. The van der Waals surface area contributed by atoms with Crippen LogP contribution in [0.4, 0.5) is 26.3 Å². The van der Waals surface area contributed by atoms with Gasteiger partial charge < -0.3 is 4.98 Å². The van der Waals surface area contributed by atoms with Crippen LogP contribution in [-0.4, -0.2) is 21.9 Å². The largest absolute Gasteiger partial charge is 0.450 e. The third-order valence-electron chi connectivity index (χ3n) is 2.50. The molecule has 2 rings (SSSR count). The fourth-order valence-corrected chi connectivity index (χ4v) is 1.57. The molecule has 0 amide bonds. The van der Waals surface area contributed by atoms with Crippen LogP contribution in [0.5, 0.6) is 0 Å². The van der Waals surface area contributed by atoms with E-state index in [9.17, 15) is 31.1 Å². The average molecular weight is 296 g/mol. The molecule has 1 aromatic heterocycles. The van der Waals surface area contributed by atoms with Crippen LogP contribution in [0.2, 0.25) is 0 Å². The van der Waals surface area contributed by atoms with Crippen molar-refractivity contribution in [2.45, 2.75) is 18.8 Å². The zero-order chi connectivity index (χ0) is 15.1. The molecule has 0 unspecified atom stereocenters. The fourth-order valence-electron chi connectivity index (χ4n) is 1.57. The summed E-state index contributed by atoms with van der Waals surface area (Å²) in [6.45, 7) is 0. The van der Waals surface area contributed by atoms with E-state index >= 15 is 0 Å². The van der Waals surface area contributed by atoms with Crippen LogP contribution < -0.4 is 0 Å². The first kappa shape index (κ1) is 14.4. The zero-order valence-electron chi connectivity index (χ0n) is 9.56. The molecule has 2 aromatic rings. The highest BCUT2D eigenvalue weighted by Crippen LogP contribution is 2.31. The Morgan fingerprint density at radius 3 is 2.35 bits per heavy atom. The first-order chi connectivity index (χ1) is 9.07. The van der Waals surface area contributed by atoms with E-state index in [2.05, 4.69) is 9.97 Å². The second kappa shape index (κ2) is 4.50. The number of hydrogen-bond acceptors (Lipinski definition) is 2. The van der Waals surface area contributed by atoms with Gasteiger partial charge in [0.15, 0.2) is 0 Å². The third-order valence-corrected chi connectivity index (χ3v) is 2.50. The van der Waals surface area contributed by atoms with Crippen molar-refractivity contribution in [2.75, 3.05) is 0 Å². The van der Waals surface area contributed by atoms with Gasteiger partial charge in [0.2, 0.25) is 5.78 Å². The molecule has 1 aromatic carbocycles. The molecule has 1 heterocycles. The predicted octanol–water partition coefficient (Wildman–Crippen LogP) is 3.26. The van der Waals surface area contributed by atoms with Gasteiger partial charge in [-0.1, -0.05) is 0 Å². The Balaban J connectivity index is 2.33. The normalized spacial score (nSPS) is 12.9. The zero-order valence-corrected chi connectivity index (χ0v) is 9.56. The predicted molar refractivity (Wildman–Crippen MR) is 55.9 cm³/mol. The molecular formula is C11H6F6N2O. The molecule has 0 fully saturated rings. The van der Waals surface area contributed by atoms with Crippen molar-refractivity contribution < 1.29 is 31.1 Å². The number of alkyl halides is 6. The second-order valence-electron chi connectivity index (χ2n) is 4.01. The van der Waals surface area contributed by atoms with Crippen molar-refractivity contribution in [3.63, 3.8) is 0 Å². The highest BCUT2D eigenvalue weighted by atomic mass is 19.4. The molecule has 0 atom stereocenters. The SMILES string of the molecule is O=C(Cc1nc2ccc(C(F)(F)F)cc2[nH]1)C(F)(F)F. The van der Waals surface area contributed by atoms with Crippen LogP contribution in [0.25, 0.3) is 11.0 Å². The van der Waals surface area contributed by atoms with Gasteiger partial charge in [0.25, 0.3) is 0 Å². The summed E-state index contributed by atoms with van der Waals surface area (Å²) in [4.78, 5) is 16.7. The number of ketones is 1. The summed E-state index contributed by atoms with van der Waals surface area (Å²) < 4.78 is 73.6. The smallest absolute Gasteiger partial charge is 0.342 e. The molecule has 0 saturated carbocycles. The first-order valence-electron chi connectivity index (χ1n) is 5.23. The van der Waals surface area contributed by atoms with Gasteiger partial charge in [-0.05, 0) is 18.2 Å². The fraction of sp³-hybridized carbons (Fsp3) is 0.273. The lowest BCUT2D eigenvalue weighted by Crippen LogP contribution is -2.24. The number of H-pyrrole nitrogens is 1. The van der Waals surface area contributed by atoms with Crippen LogP contribution in [0.3, 0.4) is 0 Å². The Kier molecular flexibility index (Phi) is 3.23. The monoisotopic (exact) mass is 296 g/mol. The van der Waals surface area contributed by atoms with E-state index < -0.39 is 30.1 Å². The van der Waals surface area contributed by atoms with E-state index in [4.69, 9.17) is 0 Å². The van der Waals surface area contributed by atoms with Crippen molar-refractivity contribution in [3.05, 3.63) is 29.6 Å². The minimum atomic E-state index is -5.00. The number of rotatable bonds is 2. The Hall–Kier alpha value is -2.06. The molecule has 20 heavy (non-hydrogen) atoms. The lowest BCUT2D eigenvalue weighted by molar-refractivity contribution is -0.170. The van der Waals surface area contributed by atoms with Crippen molar-refractivity contribution in [1.29, 1.82) is 0 Å². The van der Waals surface area contributed by atoms with Crippen molar-refractivity contribution in [2.24, 2.45) is 0 Å². The average Bonchev–Trinajstić information content (AvgIpc) is 2.67. The molecular weight excluding hydrogens is 290 g/mol. The molecule has 0 saturated heterocycles. The van der Waals surface area contributed by atoms with E-state index in [-0.39, 0.29) is 16.9 Å². The van der Waals surface area contributed by atoms with E-state index in [1.807, 2.05) is 0 Å². The number of carbonyl (C=O) groups excluding carboxylic acids is 1. The van der Waals surface area contributed by atoms with Crippen LogP contribution in [-0.2, 0) is 17.4 Å². The number of aromatic amines is 1. The Morgan fingerprint density at radius 2 is 1.80 bits per heavy atom. The van der Waals surface area contributed by atoms with Crippen molar-refractivity contribution in [3.8, 4) is 0 Å². The molecule has 0 aliphatic carbocycles. The summed E-state index contributed by atoms with van der Waals surface area (Å²) in [6.07, 6.45) is -10.6. The molecule has 108 valence electrons. The third kappa shape index (κ3) is 2.91. The van der Waals surface area contributed by atoms with Gasteiger partial charge in [0, 0.05) is 0 Å². The molecule has 0 radical (unpaired) electrons. The maximum Gasteiger partial charge on any atom is 0.450 e. The number of carbonyl (C=O) groups is 1. The minimum Gasteiger partial charge on any atom is -0.342 e. The quantitative estimate of drug-likeness (QED) is 0.865. The Bertz CT molecular complexity index is 655. The molecule has 0 aliphatic rings. The lowest BCUT2D eigenvalue weighted by Gasteiger charge is -2.05. The van der Waals surface area contributed by atoms with Crippen molar-refractivity contribution in [1.82, 2.24) is 9.97 Å². The first-order valence-corrected chi connectivity index (χ1v) is 5.23. The molecule has 3 nitrogen and oxygen atoms in total. The highest BCUT2D eigenvalue weighted by Gasteiger charge is 2.38. The van der Waals surface area contributed by atoms with Gasteiger partial charge in [0.05, 0.1) is 23.0 Å². The summed E-state index contributed by atoms with van der Waals surface area (Å²) in [5, 5.41) is 0. The maximum absolute atomic E-state index is 12.5.